The molecule has 0 saturated heterocycles. The van der Waals surface area contributed by atoms with Gasteiger partial charge in [-0.1, -0.05) is 18.2 Å². The van der Waals surface area contributed by atoms with Crippen LogP contribution in [0.2, 0.25) is 0 Å². The van der Waals surface area contributed by atoms with Crippen molar-refractivity contribution in [3.63, 3.8) is 0 Å². The summed E-state index contributed by atoms with van der Waals surface area (Å²) in [6.07, 6.45) is 2.95. The molecule has 0 aliphatic carbocycles. The van der Waals surface area contributed by atoms with Crippen LogP contribution in [0, 0.1) is 5.82 Å². The van der Waals surface area contributed by atoms with Gasteiger partial charge in [0.15, 0.2) is 0 Å². The molecule has 0 fully saturated rings. The number of fused-ring (bicyclic) bond motifs is 1. The molecular formula is C22H20FNO4S. The molecule has 5 nitrogen and oxygen atoms in total. The quantitative estimate of drug-likeness (QED) is 0.618. The van der Waals surface area contributed by atoms with Crippen molar-refractivity contribution in [2.75, 3.05) is 6.26 Å². The van der Waals surface area contributed by atoms with E-state index in [1.807, 2.05) is 12.1 Å². The van der Waals surface area contributed by atoms with Crippen molar-refractivity contribution in [2.24, 2.45) is 0 Å². The van der Waals surface area contributed by atoms with Gasteiger partial charge in [0.25, 0.3) is 0 Å². The molecule has 1 aromatic heterocycles. The van der Waals surface area contributed by atoms with Crippen molar-refractivity contribution < 1.29 is 17.8 Å². The van der Waals surface area contributed by atoms with Crippen LogP contribution in [0.25, 0.3) is 0 Å². The lowest BCUT2D eigenvalue weighted by molar-refractivity contribution is 0.241. The van der Waals surface area contributed by atoms with E-state index in [-0.39, 0.29) is 23.6 Å². The summed E-state index contributed by atoms with van der Waals surface area (Å²) in [4.78, 5) is 15.2. The highest BCUT2D eigenvalue weighted by atomic mass is 32.2. The zero-order valence-corrected chi connectivity index (χ0v) is 16.7. The molecule has 2 heterocycles. The zero-order chi connectivity index (χ0) is 20.4. The summed E-state index contributed by atoms with van der Waals surface area (Å²) in [7, 11) is -1.03. The van der Waals surface area contributed by atoms with Crippen LogP contribution in [-0.4, -0.2) is 15.4 Å². The molecule has 0 N–H and O–H groups in total. The third-order valence-corrected chi connectivity index (χ3v) is 5.77. The summed E-state index contributed by atoms with van der Waals surface area (Å²) in [5.41, 5.74) is 2.67. The minimum atomic E-state index is -1.03. The van der Waals surface area contributed by atoms with Crippen LogP contribution in [0.4, 0.5) is 4.39 Å². The molecule has 0 amide bonds. The Morgan fingerprint density at radius 3 is 2.59 bits per heavy atom. The second kappa shape index (κ2) is 8.31. The van der Waals surface area contributed by atoms with Gasteiger partial charge in [0.1, 0.15) is 24.4 Å². The van der Waals surface area contributed by atoms with Crippen molar-refractivity contribution in [1.29, 1.82) is 0 Å². The molecule has 3 aromatic rings. The Labute approximate surface area is 170 Å². The Bertz CT molecular complexity index is 1110. The third-order valence-electron chi connectivity index (χ3n) is 4.84. The number of benzene rings is 2. The molecule has 0 radical (unpaired) electrons. The number of rotatable bonds is 6. The van der Waals surface area contributed by atoms with Crippen molar-refractivity contribution >= 4 is 10.8 Å². The van der Waals surface area contributed by atoms with Crippen LogP contribution in [0.15, 0.2) is 68.9 Å². The minimum absolute atomic E-state index is 0.142. The average molecular weight is 413 g/mol. The lowest BCUT2D eigenvalue weighted by Crippen LogP contribution is -2.17. The highest BCUT2D eigenvalue weighted by molar-refractivity contribution is 7.84. The van der Waals surface area contributed by atoms with Crippen LogP contribution in [0.1, 0.15) is 22.5 Å². The fourth-order valence-electron chi connectivity index (χ4n) is 3.33. The number of hydrogen-bond donors (Lipinski definition) is 0. The van der Waals surface area contributed by atoms with Crippen LogP contribution in [0.3, 0.4) is 0 Å². The predicted octanol–water partition coefficient (Wildman–Crippen LogP) is 3.61. The van der Waals surface area contributed by atoms with Gasteiger partial charge in [-0.25, -0.2) is 4.39 Å². The van der Waals surface area contributed by atoms with Gasteiger partial charge in [-0.2, -0.15) is 0 Å². The SMILES string of the molecule is CS(=O)c1ccc(COc2coc(CN3Cc4ccc(F)cc4C3)cc2=O)cc1. The number of ether oxygens (including phenoxy) is 1. The van der Waals surface area contributed by atoms with Crippen LogP contribution in [0.5, 0.6) is 5.75 Å². The lowest BCUT2D eigenvalue weighted by Gasteiger charge is -2.14. The smallest absolute Gasteiger partial charge is 0.227 e. The normalized spacial score (nSPS) is 14.6. The highest BCUT2D eigenvalue weighted by Crippen LogP contribution is 2.25. The van der Waals surface area contributed by atoms with E-state index in [9.17, 15) is 13.4 Å². The summed E-state index contributed by atoms with van der Waals surface area (Å²) in [5.74, 6) is 0.435. The molecular weight excluding hydrogens is 393 g/mol. The van der Waals surface area contributed by atoms with E-state index >= 15 is 0 Å². The Kier molecular flexibility index (Phi) is 5.60. The molecule has 7 heteroatoms. The first-order chi connectivity index (χ1) is 14.0. The van der Waals surface area contributed by atoms with E-state index in [2.05, 4.69) is 4.90 Å². The summed E-state index contributed by atoms with van der Waals surface area (Å²) < 4.78 is 35.9. The van der Waals surface area contributed by atoms with E-state index < -0.39 is 10.8 Å². The second-order valence-electron chi connectivity index (χ2n) is 7.02. The van der Waals surface area contributed by atoms with E-state index in [0.717, 1.165) is 21.6 Å². The zero-order valence-electron chi connectivity index (χ0n) is 15.9. The Hall–Kier alpha value is -2.77. The van der Waals surface area contributed by atoms with Crippen molar-refractivity contribution in [3.05, 3.63) is 93.3 Å². The maximum Gasteiger partial charge on any atom is 0.227 e. The molecule has 0 bridgehead atoms. The molecule has 1 unspecified atom stereocenters. The van der Waals surface area contributed by atoms with Crippen molar-refractivity contribution in [1.82, 2.24) is 4.90 Å². The molecule has 4 rings (SSSR count). The number of halogens is 1. The summed E-state index contributed by atoms with van der Waals surface area (Å²) in [6.45, 7) is 1.99. The molecule has 0 spiro atoms. The molecule has 1 aliphatic heterocycles. The Morgan fingerprint density at radius 1 is 1.10 bits per heavy atom. The largest absolute Gasteiger partial charge is 0.482 e. The van der Waals surface area contributed by atoms with Crippen LogP contribution < -0.4 is 10.2 Å². The Balaban J connectivity index is 1.37. The van der Waals surface area contributed by atoms with Crippen LogP contribution in [-0.2, 0) is 37.0 Å². The average Bonchev–Trinajstić information content (AvgIpc) is 3.09. The topological polar surface area (TPSA) is 59.8 Å². The summed E-state index contributed by atoms with van der Waals surface area (Å²) >= 11 is 0. The number of hydrogen-bond acceptors (Lipinski definition) is 5. The van der Waals surface area contributed by atoms with Gasteiger partial charge in [-0.15, -0.1) is 0 Å². The fourth-order valence-corrected chi connectivity index (χ4v) is 3.85. The fraction of sp³-hybridized carbons (Fsp3) is 0.227. The van der Waals surface area contributed by atoms with Gasteiger partial charge in [0.05, 0.1) is 6.54 Å². The van der Waals surface area contributed by atoms with E-state index in [4.69, 9.17) is 9.15 Å². The van der Waals surface area contributed by atoms with Gasteiger partial charge in [-0.05, 0) is 41.0 Å². The van der Waals surface area contributed by atoms with Crippen molar-refractivity contribution in [3.8, 4) is 5.75 Å². The molecule has 0 saturated carbocycles. The van der Waals surface area contributed by atoms with Crippen molar-refractivity contribution in [2.45, 2.75) is 31.1 Å². The maximum absolute atomic E-state index is 13.4. The third kappa shape index (κ3) is 4.63. The molecule has 150 valence electrons. The standard InChI is InChI=1S/C22H20FNO4S/c1-29(26)20-6-2-15(3-7-20)13-28-22-14-27-19(9-21(22)25)12-24-10-16-4-5-18(23)8-17(16)11-24/h2-9,14H,10-13H2,1H3. The first-order valence-corrected chi connectivity index (χ1v) is 10.7. The first kappa shape index (κ1) is 19.5. The second-order valence-corrected chi connectivity index (χ2v) is 8.40. The Morgan fingerprint density at radius 2 is 1.86 bits per heavy atom. The monoisotopic (exact) mass is 413 g/mol. The maximum atomic E-state index is 13.4. The molecule has 1 aliphatic rings. The van der Waals surface area contributed by atoms with Gasteiger partial charge in [-0.3, -0.25) is 13.9 Å². The summed E-state index contributed by atoms with van der Waals surface area (Å²) in [6, 6.07) is 13.4. The van der Waals surface area contributed by atoms with E-state index in [1.165, 1.54) is 18.4 Å². The highest BCUT2D eigenvalue weighted by Gasteiger charge is 2.20. The van der Waals surface area contributed by atoms with Crippen LogP contribution >= 0.6 is 0 Å². The number of nitrogens with zero attached hydrogens (tertiary/aromatic N) is 1. The van der Waals surface area contributed by atoms with E-state index in [0.29, 0.717) is 25.4 Å². The summed E-state index contributed by atoms with van der Waals surface area (Å²) in [5, 5.41) is 0. The molecule has 1 atom stereocenters. The van der Waals surface area contributed by atoms with Gasteiger partial charge in [0.2, 0.25) is 11.2 Å². The first-order valence-electron chi connectivity index (χ1n) is 9.14. The molecule has 2 aromatic carbocycles. The van der Waals surface area contributed by atoms with Gasteiger partial charge >= 0.3 is 0 Å². The van der Waals surface area contributed by atoms with E-state index in [1.54, 1.807) is 30.5 Å². The van der Waals surface area contributed by atoms with Gasteiger partial charge in [0, 0.05) is 41.1 Å². The predicted molar refractivity (Wildman–Crippen MR) is 107 cm³/mol. The minimum Gasteiger partial charge on any atom is -0.482 e. The lowest BCUT2D eigenvalue weighted by atomic mass is 10.1. The van der Waals surface area contributed by atoms with Gasteiger partial charge < -0.3 is 9.15 Å². The molecule has 29 heavy (non-hydrogen) atoms.